The molecule has 3 aromatic carbocycles. The molecule has 0 fully saturated rings. The fraction of sp³-hybridized carbons (Fsp3) is 0. The summed E-state index contributed by atoms with van der Waals surface area (Å²) in [6, 6.07) is 13.4. The molecule has 26 heavy (non-hydrogen) atoms. The second-order valence-corrected chi connectivity index (χ2v) is 6.77. The van der Waals surface area contributed by atoms with Gasteiger partial charge in [-0.1, -0.05) is 46.4 Å². The highest BCUT2D eigenvalue weighted by Gasteiger charge is 2.24. The summed E-state index contributed by atoms with van der Waals surface area (Å²) in [6.07, 6.45) is 0. The quantitative estimate of drug-likeness (QED) is 0.344. The van der Waals surface area contributed by atoms with Crippen molar-refractivity contribution in [1.29, 1.82) is 0 Å². The van der Waals surface area contributed by atoms with Gasteiger partial charge in [0.1, 0.15) is 31.6 Å². The van der Waals surface area contributed by atoms with Gasteiger partial charge in [-0.2, -0.15) is 0 Å². The van der Waals surface area contributed by atoms with Crippen LogP contribution in [0.1, 0.15) is 0 Å². The van der Waals surface area contributed by atoms with Gasteiger partial charge in [-0.05, 0) is 48.5 Å². The van der Waals surface area contributed by atoms with Gasteiger partial charge in [0.25, 0.3) is 0 Å². The minimum atomic E-state index is 0.0725. The van der Waals surface area contributed by atoms with Gasteiger partial charge in [0.2, 0.25) is 0 Å². The molecule has 0 heterocycles. The van der Waals surface area contributed by atoms with E-state index in [2.05, 4.69) is 0 Å². The highest BCUT2D eigenvalue weighted by molar-refractivity contribution is 6.50. The van der Waals surface area contributed by atoms with Crippen LogP contribution in [0.2, 0.25) is 20.1 Å². The summed E-state index contributed by atoms with van der Waals surface area (Å²) in [5.41, 5.74) is 12.5. The molecule has 8 heteroatoms. The molecule has 0 aliphatic rings. The highest BCUT2D eigenvalue weighted by atomic mass is 35.5. The van der Waals surface area contributed by atoms with Crippen LogP contribution in [-0.2, 0) is 0 Å². The lowest BCUT2D eigenvalue weighted by molar-refractivity contribution is 0.470. The van der Waals surface area contributed by atoms with Crippen molar-refractivity contribution in [1.82, 2.24) is 0 Å². The van der Waals surface area contributed by atoms with Crippen LogP contribution in [0.4, 0.5) is 11.4 Å². The van der Waals surface area contributed by atoms with E-state index >= 15 is 0 Å². The van der Waals surface area contributed by atoms with Gasteiger partial charge in [-0.3, -0.25) is 0 Å². The average molecular weight is 430 g/mol. The van der Waals surface area contributed by atoms with E-state index in [-0.39, 0.29) is 31.6 Å². The third-order valence-electron chi connectivity index (χ3n) is 3.38. The van der Waals surface area contributed by atoms with Crippen molar-refractivity contribution in [2.24, 2.45) is 0 Å². The molecule has 0 amide bonds. The number of benzene rings is 3. The SMILES string of the molecule is Nc1ccc(Oc2c(Cl)c(Cl)c(Oc3ccc(N)cc3)c(Cl)c2Cl)cc1. The van der Waals surface area contributed by atoms with Crippen molar-refractivity contribution in [2.75, 3.05) is 11.5 Å². The molecule has 0 aliphatic carbocycles. The van der Waals surface area contributed by atoms with Gasteiger partial charge >= 0.3 is 0 Å². The zero-order valence-corrected chi connectivity index (χ0v) is 16.1. The van der Waals surface area contributed by atoms with E-state index in [1.165, 1.54) is 0 Å². The molecular formula is C18H12Cl4N2O2. The summed E-state index contributed by atoms with van der Waals surface area (Å²) in [6.45, 7) is 0. The Kier molecular flexibility index (Phi) is 5.58. The van der Waals surface area contributed by atoms with Crippen LogP contribution >= 0.6 is 46.4 Å². The third kappa shape index (κ3) is 3.89. The maximum Gasteiger partial charge on any atom is 0.167 e. The molecule has 0 bridgehead atoms. The number of nitrogen functional groups attached to an aromatic ring is 2. The Morgan fingerprint density at radius 1 is 0.500 bits per heavy atom. The molecule has 0 spiro atoms. The van der Waals surface area contributed by atoms with Crippen LogP contribution in [-0.4, -0.2) is 0 Å². The summed E-state index contributed by atoms with van der Waals surface area (Å²) in [5.74, 6) is 1.19. The Balaban J connectivity index is 1.98. The molecule has 0 saturated heterocycles. The Labute approximate surface area is 170 Å². The fourth-order valence-electron chi connectivity index (χ4n) is 2.08. The van der Waals surface area contributed by atoms with Crippen molar-refractivity contribution in [2.45, 2.75) is 0 Å². The standard InChI is InChI=1S/C18H12Cl4N2O2/c19-13-15(21)18(26-12-7-3-10(24)4-8-12)16(22)14(20)17(13)25-11-5-1-9(23)2-6-11/h1-8H,23-24H2. The molecule has 4 nitrogen and oxygen atoms in total. The lowest BCUT2D eigenvalue weighted by Crippen LogP contribution is -1.94. The number of ether oxygens (including phenoxy) is 2. The Morgan fingerprint density at radius 2 is 0.769 bits per heavy atom. The van der Waals surface area contributed by atoms with Crippen molar-refractivity contribution in [3.63, 3.8) is 0 Å². The van der Waals surface area contributed by atoms with Crippen molar-refractivity contribution in [3.05, 3.63) is 68.6 Å². The molecule has 4 N–H and O–H groups in total. The Bertz CT molecular complexity index is 837. The monoisotopic (exact) mass is 428 g/mol. The zero-order chi connectivity index (χ0) is 18.8. The van der Waals surface area contributed by atoms with Crippen LogP contribution in [0.5, 0.6) is 23.0 Å². The lowest BCUT2D eigenvalue weighted by atomic mass is 10.2. The van der Waals surface area contributed by atoms with Gasteiger partial charge in [-0.15, -0.1) is 0 Å². The maximum absolute atomic E-state index is 6.32. The van der Waals surface area contributed by atoms with E-state index < -0.39 is 0 Å². The molecule has 0 aliphatic heterocycles. The topological polar surface area (TPSA) is 70.5 Å². The summed E-state index contributed by atoms with van der Waals surface area (Å²) >= 11 is 25.3. The van der Waals surface area contributed by atoms with E-state index in [1.54, 1.807) is 48.5 Å². The Hall–Kier alpha value is -1.98. The van der Waals surface area contributed by atoms with E-state index in [4.69, 9.17) is 67.3 Å². The second kappa shape index (κ2) is 7.72. The van der Waals surface area contributed by atoms with Crippen molar-refractivity contribution in [3.8, 4) is 23.0 Å². The number of hydrogen-bond donors (Lipinski definition) is 2. The molecule has 0 saturated carbocycles. The van der Waals surface area contributed by atoms with Crippen LogP contribution in [0.15, 0.2) is 48.5 Å². The molecule has 3 aromatic rings. The zero-order valence-electron chi connectivity index (χ0n) is 13.1. The Morgan fingerprint density at radius 3 is 1.04 bits per heavy atom. The number of hydrogen-bond acceptors (Lipinski definition) is 4. The molecule has 0 aromatic heterocycles. The first-order valence-corrected chi connectivity index (χ1v) is 8.80. The van der Waals surface area contributed by atoms with E-state index in [0.29, 0.717) is 22.9 Å². The van der Waals surface area contributed by atoms with Gasteiger partial charge in [0, 0.05) is 11.4 Å². The molecule has 0 radical (unpaired) electrons. The van der Waals surface area contributed by atoms with Gasteiger partial charge in [-0.25, -0.2) is 0 Å². The summed E-state index contributed by atoms with van der Waals surface area (Å²) in [4.78, 5) is 0. The average Bonchev–Trinajstić information content (AvgIpc) is 2.64. The van der Waals surface area contributed by atoms with E-state index in [1.807, 2.05) is 0 Å². The van der Waals surface area contributed by atoms with E-state index in [0.717, 1.165) is 0 Å². The smallest absolute Gasteiger partial charge is 0.167 e. The van der Waals surface area contributed by atoms with Crippen LogP contribution in [0.25, 0.3) is 0 Å². The van der Waals surface area contributed by atoms with Gasteiger partial charge in [0.15, 0.2) is 11.5 Å². The first kappa shape index (κ1) is 18.8. The first-order valence-electron chi connectivity index (χ1n) is 7.29. The summed E-state index contributed by atoms with van der Waals surface area (Å²) in [7, 11) is 0. The van der Waals surface area contributed by atoms with Crippen molar-refractivity contribution >= 4 is 57.8 Å². The normalized spacial score (nSPS) is 10.6. The number of anilines is 2. The second-order valence-electron chi connectivity index (χ2n) is 5.26. The summed E-state index contributed by atoms with van der Waals surface area (Å²) < 4.78 is 11.4. The molecule has 3 rings (SSSR count). The fourth-order valence-corrected chi connectivity index (χ4v) is 3.05. The highest BCUT2D eigenvalue weighted by Crippen LogP contribution is 2.52. The van der Waals surface area contributed by atoms with Gasteiger partial charge < -0.3 is 20.9 Å². The molecule has 0 atom stereocenters. The third-order valence-corrected chi connectivity index (χ3v) is 5.02. The molecular weight excluding hydrogens is 418 g/mol. The lowest BCUT2D eigenvalue weighted by Gasteiger charge is -2.16. The van der Waals surface area contributed by atoms with E-state index in [9.17, 15) is 0 Å². The maximum atomic E-state index is 6.32. The molecule has 0 unspecified atom stereocenters. The number of nitrogens with two attached hydrogens (primary N) is 2. The van der Waals surface area contributed by atoms with Crippen LogP contribution < -0.4 is 20.9 Å². The predicted octanol–water partition coefficient (Wildman–Crippen LogP) is 7.05. The largest absolute Gasteiger partial charge is 0.454 e. The van der Waals surface area contributed by atoms with Crippen LogP contribution in [0.3, 0.4) is 0 Å². The predicted molar refractivity (Wildman–Crippen MR) is 108 cm³/mol. The minimum Gasteiger partial charge on any atom is -0.454 e. The first-order chi connectivity index (χ1) is 12.4. The summed E-state index contributed by atoms with van der Waals surface area (Å²) in [5, 5.41) is 0.290. The molecule has 134 valence electrons. The van der Waals surface area contributed by atoms with Crippen molar-refractivity contribution < 1.29 is 9.47 Å². The van der Waals surface area contributed by atoms with Crippen LogP contribution in [0, 0.1) is 0 Å². The number of halogens is 4. The van der Waals surface area contributed by atoms with Gasteiger partial charge in [0.05, 0.1) is 0 Å². The number of rotatable bonds is 4. The minimum absolute atomic E-state index is 0.0725.